The van der Waals surface area contributed by atoms with Crippen LogP contribution in [-0.2, 0) is 13.5 Å². The molecule has 2 N–H and O–H groups in total. The molecule has 0 saturated carbocycles. The van der Waals surface area contributed by atoms with Gasteiger partial charge in [-0.2, -0.15) is 5.10 Å². The van der Waals surface area contributed by atoms with Crippen molar-refractivity contribution < 1.29 is 0 Å². The van der Waals surface area contributed by atoms with Crippen LogP contribution >= 0.6 is 11.3 Å². The number of aryl methyl sites for hydroxylation is 1. The number of aromatic nitrogens is 3. The lowest BCUT2D eigenvalue weighted by atomic mass is 10.1. The quantitative estimate of drug-likeness (QED) is 0.784. The Bertz CT molecular complexity index is 657. The normalized spacial score (nSPS) is 13.0. The zero-order valence-corrected chi connectivity index (χ0v) is 10.9. The third-order valence-electron chi connectivity index (χ3n) is 3.04. The summed E-state index contributed by atoms with van der Waals surface area (Å²) < 4.78 is 1.89. The summed E-state index contributed by atoms with van der Waals surface area (Å²) in [5, 5.41) is 5.68. The fraction of sp³-hybridized carbons (Fsp3) is 0.231. The summed E-state index contributed by atoms with van der Waals surface area (Å²) in [6.07, 6.45) is 2.65. The van der Waals surface area contributed by atoms with Crippen molar-refractivity contribution in [3.63, 3.8) is 0 Å². The third kappa shape index (κ3) is 1.91. The van der Waals surface area contributed by atoms with Crippen LogP contribution in [0.15, 0.2) is 36.0 Å². The Labute approximate surface area is 109 Å². The first-order valence-corrected chi connectivity index (χ1v) is 6.68. The highest BCUT2D eigenvalue weighted by atomic mass is 32.1. The van der Waals surface area contributed by atoms with Gasteiger partial charge in [0.15, 0.2) is 0 Å². The molecule has 18 heavy (non-hydrogen) atoms. The van der Waals surface area contributed by atoms with E-state index in [4.69, 9.17) is 5.73 Å². The summed E-state index contributed by atoms with van der Waals surface area (Å²) in [6, 6.07) is 8.08. The lowest BCUT2D eigenvalue weighted by Crippen LogP contribution is -2.14. The van der Waals surface area contributed by atoms with Crippen molar-refractivity contribution in [1.82, 2.24) is 14.8 Å². The molecule has 0 amide bonds. The molecule has 2 heterocycles. The summed E-state index contributed by atoms with van der Waals surface area (Å²) in [5.74, 6) is 0. The van der Waals surface area contributed by atoms with Crippen LogP contribution in [0.5, 0.6) is 0 Å². The molecular weight excluding hydrogens is 244 g/mol. The largest absolute Gasteiger partial charge is 0.322 e. The van der Waals surface area contributed by atoms with Gasteiger partial charge < -0.3 is 5.73 Å². The topological polar surface area (TPSA) is 56.7 Å². The molecule has 1 aromatic carbocycles. The Morgan fingerprint density at radius 1 is 1.39 bits per heavy atom. The molecule has 0 aliphatic rings. The number of nitrogens with zero attached hydrogens (tertiary/aromatic N) is 3. The fourth-order valence-electron chi connectivity index (χ4n) is 2.17. The molecule has 1 atom stereocenters. The van der Waals surface area contributed by atoms with Crippen molar-refractivity contribution in [2.24, 2.45) is 12.8 Å². The summed E-state index contributed by atoms with van der Waals surface area (Å²) in [7, 11) is 1.95. The third-order valence-corrected chi connectivity index (χ3v) is 3.84. The molecule has 0 radical (unpaired) electrons. The maximum absolute atomic E-state index is 6.27. The van der Waals surface area contributed by atoms with Crippen LogP contribution in [0, 0.1) is 0 Å². The van der Waals surface area contributed by atoms with Gasteiger partial charge in [0.1, 0.15) is 0 Å². The number of rotatable bonds is 3. The van der Waals surface area contributed by atoms with Gasteiger partial charge in [-0.3, -0.25) is 9.67 Å². The summed E-state index contributed by atoms with van der Waals surface area (Å²) >= 11 is 1.63. The van der Waals surface area contributed by atoms with Crippen LogP contribution in [0.2, 0.25) is 0 Å². The van der Waals surface area contributed by atoms with E-state index in [0.717, 1.165) is 23.0 Å². The molecule has 1 unspecified atom stereocenters. The second-order valence-corrected chi connectivity index (χ2v) is 5.28. The summed E-state index contributed by atoms with van der Waals surface area (Å²) in [6.45, 7) is 0. The van der Waals surface area contributed by atoms with E-state index in [1.165, 1.54) is 4.88 Å². The number of thiazole rings is 1. The van der Waals surface area contributed by atoms with Crippen LogP contribution < -0.4 is 5.73 Å². The maximum atomic E-state index is 6.27. The Balaban J connectivity index is 1.98. The van der Waals surface area contributed by atoms with E-state index < -0.39 is 0 Å². The first-order chi connectivity index (χ1) is 8.75. The van der Waals surface area contributed by atoms with Gasteiger partial charge >= 0.3 is 0 Å². The number of para-hydroxylation sites is 1. The minimum Gasteiger partial charge on any atom is -0.322 e. The number of hydrogen-bond donors (Lipinski definition) is 1. The summed E-state index contributed by atoms with van der Waals surface area (Å²) in [4.78, 5) is 5.27. The Kier molecular flexibility index (Phi) is 2.85. The molecule has 92 valence electrons. The van der Waals surface area contributed by atoms with Crippen molar-refractivity contribution in [2.45, 2.75) is 12.5 Å². The van der Waals surface area contributed by atoms with Crippen LogP contribution in [0.3, 0.4) is 0 Å². The van der Waals surface area contributed by atoms with Crippen LogP contribution in [0.4, 0.5) is 0 Å². The van der Waals surface area contributed by atoms with Crippen molar-refractivity contribution in [2.75, 3.05) is 0 Å². The van der Waals surface area contributed by atoms with Gasteiger partial charge in [0.05, 0.1) is 22.8 Å². The molecule has 2 aromatic heterocycles. The Hall–Kier alpha value is -1.72. The van der Waals surface area contributed by atoms with Crippen molar-refractivity contribution in [1.29, 1.82) is 0 Å². The van der Waals surface area contributed by atoms with Crippen molar-refractivity contribution >= 4 is 22.2 Å². The standard InChI is InChI=1S/C13H14N4S/c1-17-12-5-3-2-4-10(12)13(16-17)11(14)6-9-7-15-8-18-9/h2-5,7-8,11H,6,14H2,1H3. The minimum atomic E-state index is -0.0865. The van der Waals surface area contributed by atoms with Crippen molar-refractivity contribution in [3.8, 4) is 0 Å². The predicted octanol–water partition coefficient (Wildman–Crippen LogP) is 2.27. The van der Waals surface area contributed by atoms with Gasteiger partial charge in [0, 0.05) is 29.9 Å². The fourth-order valence-corrected chi connectivity index (χ4v) is 2.83. The van der Waals surface area contributed by atoms with Crippen LogP contribution in [-0.4, -0.2) is 14.8 Å². The zero-order valence-electron chi connectivity index (χ0n) is 10.1. The highest BCUT2D eigenvalue weighted by Gasteiger charge is 2.16. The second-order valence-electron chi connectivity index (χ2n) is 4.30. The minimum absolute atomic E-state index is 0.0865. The molecular formula is C13H14N4S. The predicted molar refractivity (Wildman–Crippen MR) is 73.5 cm³/mol. The molecule has 0 aliphatic carbocycles. The monoisotopic (exact) mass is 258 g/mol. The van der Waals surface area contributed by atoms with E-state index in [-0.39, 0.29) is 6.04 Å². The molecule has 5 heteroatoms. The molecule has 0 bridgehead atoms. The molecule has 4 nitrogen and oxygen atoms in total. The molecule has 0 aliphatic heterocycles. The van der Waals surface area contributed by atoms with Gasteiger partial charge in [0.25, 0.3) is 0 Å². The van der Waals surface area contributed by atoms with Crippen LogP contribution in [0.25, 0.3) is 10.9 Å². The number of hydrogen-bond acceptors (Lipinski definition) is 4. The van der Waals surface area contributed by atoms with E-state index in [0.29, 0.717) is 0 Å². The van der Waals surface area contributed by atoms with Crippen molar-refractivity contribution in [3.05, 3.63) is 46.5 Å². The van der Waals surface area contributed by atoms with E-state index in [1.54, 1.807) is 11.3 Å². The lowest BCUT2D eigenvalue weighted by Gasteiger charge is -2.07. The number of fused-ring (bicyclic) bond motifs is 1. The average molecular weight is 258 g/mol. The SMILES string of the molecule is Cn1nc(C(N)Cc2cncs2)c2ccccc21. The van der Waals surface area contributed by atoms with E-state index >= 15 is 0 Å². The molecule has 0 fully saturated rings. The second kappa shape index (κ2) is 4.51. The molecule has 3 aromatic rings. The summed E-state index contributed by atoms with van der Waals surface area (Å²) in [5.41, 5.74) is 10.2. The Morgan fingerprint density at radius 2 is 2.22 bits per heavy atom. The highest BCUT2D eigenvalue weighted by Crippen LogP contribution is 2.24. The first kappa shape index (κ1) is 11.4. The van der Waals surface area contributed by atoms with E-state index in [9.17, 15) is 0 Å². The maximum Gasteiger partial charge on any atom is 0.0874 e. The molecule has 0 spiro atoms. The Morgan fingerprint density at radius 3 is 3.00 bits per heavy atom. The number of benzene rings is 1. The van der Waals surface area contributed by atoms with E-state index in [1.807, 2.05) is 35.6 Å². The highest BCUT2D eigenvalue weighted by molar-refractivity contribution is 7.09. The lowest BCUT2D eigenvalue weighted by molar-refractivity contribution is 0.669. The average Bonchev–Trinajstić information content (AvgIpc) is 2.98. The van der Waals surface area contributed by atoms with Gasteiger partial charge in [-0.25, -0.2) is 0 Å². The number of nitrogens with two attached hydrogens (primary N) is 1. The van der Waals surface area contributed by atoms with Gasteiger partial charge in [-0.05, 0) is 6.07 Å². The molecule has 0 saturated heterocycles. The van der Waals surface area contributed by atoms with Crippen LogP contribution in [0.1, 0.15) is 16.6 Å². The van der Waals surface area contributed by atoms with Gasteiger partial charge in [0.2, 0.25) is 0 Å². The first-order valence-electron chi connectivity index (χ1n) is 5.80. The van der Waals surface area contributed by atoms with E-state index in [2.05, 4.69) is 22.2 Å². The zero-order chi connectivity index (χ0) is 12.5. The smallest absolute Gasteiger partial charge is 0.0874 e. The molecule has 3 rings (SSSR count). The van der Waals surface area contributed by atoms with Gasteiger partial charge in [-0.1, -0.05) is 18.2 Å². The van der Waals surface area contributed by atoms with Gasteiger partial charge in [-0.15, -0.1) is 11.3 Å².